The van der Waals surface area contributed by atoms with Crippen molar-refractivity contribution >= 4 is 45.8 Å². The van der Waals surface area contributed by atoms with Crippen LogP contribution >= 0.6 is 23.2 Å². The Balaban J connectivity index is 1.67. The van der Waals surface area contributed by atoms with E-state index in [1.807, 2.05) is 43.3 Å². The molecular weight excluding hydrogens is 395 g/mol. The van der Waals surface area contributed by atoms with E-state index in [2.05, 4.69) is 15.4 Å². The largest absolute Gasteiger partial charge is 0.323 e. The highest BCUT2D eigenvalue weighted by atomic mass is 35.5. The predicted molar refractivity (Wildman–Crippen MR) is 113 cm³/mol. The maximum atomic E-state index is 12.6. The SMILES string of the molecule is Cc1nn(CC(=O)Nc2cccc(Cl)c2Cl)c2nccc(-c3ccccc3)c12. The highest BCUT2D eigenvalue weighted by Gasteiger charge is 2.16. The van der Waals surface area contributed by atoms with Crippen LogP contribution in [0.5, 0.6) is 0 Å². The predicted octanol–water partition coefficient (Wildman–Crippen LogP) is 5.35. The molecule has 28 heavy (non-hydrogen) atoms. The number of fused-ring (bicyclic) bond motifs is 1. The molecule has 0 aliphatic rings. The molecule has 0 aliphatic heterocycles. The zero-order valence-electron chi connectivity index (χ0n) is 15.0. The van der Waals surface area contributed by atoms with E-state index in [-0.39, 0.29) is 12.5 Å². The minimum absolute atomic E-state index is 0.0123. The molecule has 0 aliphatic carbocycles. The van der Waals surface area contributed by atoms with Crippen molar-refractivity contribution < 1.29 is 4.79 Å². The Bertz CT molecular complexity index is 1170. The summed E-state index contributed by atoms with van der Waals surface area (Å²) < 4.78 is 1.60. The van der Waals surface area contributed by atoms with Crippen molar-refractivity contribution in [2.75, 3.05) is 5.32 Å². The first-order valence-corrected chi connectivity index (χ1v) is 9.41. The van der Waals surface area contributed by atoms with Gasteiger partial charge in [0.05, 0.1) is 21.4 Å². The summed E-state index contributed by atoms with van der Waals surface area (Å²) in [6, 6.07) is 17.1. The Kier molecular flexibility index (Phi) is 5.03. The van der Waals surface area contributed by atoms with Gasteiger partial charge in [-0.05, 0) is 36.2 Å². The molecule has 0 saturated carbocycles. The molecule has 0 atom stereocenters. The van der Waals surface area contributed by atoms with E-state index >= 15 is 0 Å². The van der Waals surface area contributed by atoms with E-state index in [9.17, 15) is 4.79 Å². The number of nitrogens with one attached hydrogen (secondary N) is 1. The summed E-state index contributed by atoms with van der Waals surface area (Å²) in [5.41, 5.74) is 4.05. The first kappa shape index (κ1) is 18.5. The molecule has 0 bridgehead atoms. The number of aryl methyl sites for hydroxylation is 1. The zero-order valence-corrected chi connectivity index (χ0v) is 16.5. The van der Waals surface area contributed by atoms with Gasteiger partial charge in [0.2, 0.25) is 5.91 Å². The van der Waals surface area contributed by atoms with E-state index in [0.717, 1.165) is 22.2 Å². The molecule has 0 saturated heterocycles. The van der Waals surface area contributed by atoms with E-state index in [1.54, 1.807) is 29.1 Å². The third-order valence-corrected chi connectivity index (χ3v) is 5.23. The van der Waals surface area contributed by atoms with Crippen LogP contribution in [0.15, 0.2) is 60.8 Å². The van der Waals surface area contributed by atoms with Gasteiger partial charge in [-0.2, -0.15) is 5.10 Å². The lowest BCUT2D eigenvalue weighted by atomic mass is 10.0. The molecule has 1 N–H and O–H groups in total. The molecule has 4 rings (SSSR count). The first-order chi connectivity index (χ1) is 13.5. The minimum atomic E-state index is -0.263. The molecule has 2 heterocycles. The molecule has 2 aromatic heterocycles. The van der Waals surface area contributed by atoms with Gasteiger partial charge in [0.15, 0.2) is 5.65 Å². The average Bonchev–Trinajstić information content (AvgIpc) is 3.02. The second-order valence-electron chi connectivity index (χ2n) is 6.32. The standard InChI is InChI=1S/C21H16Cl2N4O/c1-13-19-15(14-6-3-2-4-7-14)10-11-24-21(19)27(26-13)12-18(28)25-17-9-5-8-16(22)20(17)23/h2-11H,12H2,1H3,(H,25,28). The van der Waals surface area contributed by atoms with Gasteiger partial charge in [0.25, 0.3) is 0 Å². The maximum absolute atomic E-state index is 12.6. The van der Waals surface area contributed by atoms with Gasteiger partial charge in [0, 0.05) is 11.6 Å². The van der Waals surface area contributed by atoms with Gasteiger partial charge in [-0.3, -0.25) is 4.79 Å². The number of benzene rings is 2. The van der Waals surface area contributed by atoms with Crippen LogP contribution in [-0.2, 0) is 11.3 Å². The minimum Gasteiger partial charge on any atom is -0.323 e. The lowest BCUT2D eigenvalue weighted by Gasteiger charge is -2.09. The van der Waals surface area contributed by atoms with Crippen molar-refractivity contribution in [2.45, 2.75) is 13.5 Å². The summed E-state index contributed by atoms with van der Waals surface area (Å²) >= 11 is 12.2. The number of amides is 1. The molecule has 140 valence electrons. The first-order valence-electron chi connectivity index (χ1n) is 8.66. The third kappa shape index (κ3) is 3.46. The lowest BCUT2D eigenvalue weighted by molar-refractivity contribution is -0.116. The topological polar surface area (TPSA) is 59.8 Å². The van der Waals surface area contributed by atoms with E-state index < -0.39 is 0 Å². The van der Waals surface area contributed by atoms with Gasteiger partial charge in [-0.25, -0.2) is 9.67 Å². The zero-order chi connectivity index (χ0) is 19.7. The van der Waals surface area contributed by atoms with Crippen molar-refractivity contribution in [3.63, 3.8) is 0 Å². The average molecular weight is 411 g/mol. The van der Waals surface area contributed by atoms with E-state index in [1.165, 1.54) is 0 Å². The Hall–Kier alpha value is -2.89. The number of halogens is 2. The molecular formula is C21H16Cl2N4O. The number of hydrogen-bond donors (Lipinski definition) is 1. The quantitative estimate of drug-likeness (QED) is 0.492. The highest BCUT2D eigenvalue weighted by Crippen LogP contribution is 2.31. The van der Waals surface area contributed by atoms with Crippen LogP contribution in [0.3, 0.4) is 0 Å². The number of carbonyl (C=O) groups is 1. The molecule has 1 amide bonds. The molecule has 2 aromatic carbocycles. The van der Waals surface area contributed by atoms with Gasteiger partial charge in [-0.1, -0.05) is 59.6 Å². The summed E-state index contributed by atoms with van der Waals surface area (Å²) in [5.74, 6) is -0.263. The molecule has 0 unspecified atom stereocenters. The summed E-state index contributed by atoms with van der Waals surface area (Å²) in [6.07, 6.45) is 1.73. The van der Waals surface area contributed by atoms with Crippen LogP contribution < -0.4 is 5.32 Å². The third-order valence-electron chi connectivity index (χ3n) is 4.41. The lowest BCUT2D eigenvalue weighted by Crippen LogP contribution is -2.20. The fourth-order valence-corrected chi connectivity index (χ4v) is 3.52. The van der Waals surface area contributed by atoms with Crippen LogP contribution in [0, 0.1) is 6.92 Å². The number of rotatable bonds is 4. The van der Waals surface area contributed by atoms with Crippen LogP contribution in [0.4, 0.5) is 5.69 Å². The van der Waals surface area contributed by atoms with Crippen molar-refractivity contribution in [3.05, 3.63) is 76.5 Å². The van der Waals surface area contributed by atoms with Gasteiger partial charge < -0.3 is 5.32 Å². The van der Waals surface area contributed by atoms with E-state index in [0.29, 0.717) is 21.4 Å². The van der Waals surface area contributed by atoms with Crippen molar-refractivity contribution in [2.24, 2.45) is 0 Å². The number of aromatic nitrogens is 3. The van der Waals surface area contributed by atoms with Crippen LogP contribution in [-0.4, -0.2) is 20.7 Å². The van der Waals surface area contributed by atoms with Crippen molar-refractivity contribution in [3.8, 4) is 11.1 Å². The van der Waals surface area contributed by atoms with Gasteiger partial charge in [0.1, 0.15) is 6.54 Å². The second kappa shape index (κ2) is 7.62. The number of carbonyl (C=O) groups excluding carboxylic acids is 1. The normalized spacial score (nSPS) is 11.0. The number of nitrogens with zero attached hydrogens (tertiary/aromatic N) is 3. The van der Waals surface area contributed by atoms with Crippen LogP contribution in [0.1, 0.15) is 5.69 Å². The molecule has 5 nitrogen and oxygen atoms in total. The molecule has 0 fully saturated rings. The maximum Gasteiger partial charge on any atom is 0.246 e. The number of anilines is 1. The Morgan fingerprint density at radius 2 is 1.86 bits per heavy atom. The fourth-order valence-electron chi connectivity index (χ4n) is 3.18. The van der Waals surface area contributed by atoms with Gasteiger partial charge in [-0.15, -0.1) is 0 Å². The Morgan fingerprint density at radius 3 is 2.64 bits per heavy atom. The summed E-state index contributed by atoms with van der Waals surface area (Å²) in [4.78, 5) is 17.0. The van der Waals surface area contributed by atoms with Crippen LogP contribution in [0.25, 0.3) is 22.2 Å². The number of pyridine rings is 1. The van der Waals surface area contributed by atoms with Crippen LogP contribution in [0.2, 0.25) is 10.0 Å². The smallest absolute Gasteiger partial charge is 0.246 e. The summed E-state index contributed by atoms with van der Waals surface area (Å²) in [5, 5.41) is 8.93. The summed E-state index contributed by atoms with van der Waals surface area (Å²) in [6.45, 7) is 1.93. The number of hydrogen-bond acceptors (Lipinski definition) is 3. The molecule has 0 radical (unpaired) electrons. The van der Waals surface area contributed by atoms with E-state index in [4.69, 9.17) is 23.2 Å². The molecule has 4 aromatic rings. The van der Waals surface area contributed by atoms with Crippen molar-refractivity contribution in [1.82, 2.24) is 14.8 Å². The monoisotopic (exact) mass is 410 g/mol. The Morgan fingerprint density at radius 1 is 1.07 bits per heavy atom. The fraction of sp³-hybridized carbons (Fsp3) is 0.0952. The Labute approximate surface area is 171 Å². The molecule has 0 spiro atoms. The highest BCUT2D eigenvalue weighted by molar-refractivity contribution is 6.44. The second-order valence-corrected chi connectivity index (χ2v) is 7.10. The van der Waals surface area contributed by atoms with Crippen molar-refractivity contribution in [1.29, 1.82) is 0 Å². The summed E-state index contributed by atoms with van der Waals surface area (Å²) in [7, 11) is 0. The van der Waals surface area contributed by atoms with Gasteiger partial charge >= 0.3 is 0 Å². The molecule has 7 heteroatoms.